The predicted molar refractivity (Wildman–Crippen MR) is 171 cm³/mol. The second kappa shape index (κ2) is 11.6. The van der Waals surface area contributed by atoms with Crippen LogP contribution >= 0.6 is 0 Å². The van der Waals surface area contributed by atoms with E-state index in [1.54, 1.807) is 25.1 Å². The number of nitrogens with zero attached hydrogens (tertiary/aromatic N) is 1. The molecular formula is C34H34N6O4. The smallest absolute Gasteiger partial charge is 0.336 e. The summed E-state index contributed by atoms with van der Waals surface area (Å²) >= 11 is 0. The van der Waals surface area contributed by atoms with Crippen molar-refractivity contribution in [2.45, 2.75) is 31.7 Å². The standard InChI is InChI=1S/C34H34N6O4/c1-3-40(33(38)44)24-14-21(25-11-9-20(31(37)41)16-26(25)32(42)43)13-22(15-24)29-18-34(2,23-7-5-4-6-8-23)27-17-19(30(35)36)10-12-28(27)39-29/h4-17,29,39H,3,18H2,1-2H3,(H3,35,36)(H2,37,41)(H2,38,44)(H,42,43). The first-order valence-electron chi connectivity index (χ1n) is 14.1. The monoisotopic (exact) mass is 590 g/mol. The Morgan fingerprint density at radius 1 is 0.955 bits per heavy atom. The van der Waals surface area contributed by atoms with E-state index in [9.17, 15) is 19.5 Å². The van der Waals surface area contributed by atoms with Crippen molar-refractivity contribution in [3.63, 3.8) is 0 Å². The van der Waals surface area contributed by atoms with Crippen molar-refractivity contribution in [2.75, 3.05) is 16.8 Å². The van der Waals surface area contributed by atoms with E-state index < -0.39 is 23.3 Å². The first-order valence-corrected chi connectivity index (χ1v) is 14.1. The molecule has 9 N–H and O–H groups in total. The highest BCUT2D eigenvalue weighted by molar-refractivity contribution is 6.02. The number of anilines is 2. The molecule has 5 rings (SSSR count). The van der Waals surface area contributed by atoms with Crippen LogP contribution in [-0.4, -0.2) is 35.4 Å². The molecule has 4 aromatic rings. The molecule has 0 fully saturated rings. The third-order valence-corrected chi connectivity index (χ3v) is 8.36. The molecule has 2 unspecified atom stereocenters. The van der Waals surface area contributed by atoms with Gasteiger partial charge >= 0.3 is 12.0 Å². The molecule has 0 radical (unpaired) electrons. The Bertz CT molecular complexity index is 1810. The summed E-state index contributed by atoms with van der Waals surface area (Å²) in [4.78, 5) is 38.0. The van der Waals surface area contributed by atoms with E-state index in [1.165, 1.54) is 17.0 Å². The molecule has 10 nitrogen and oxygen atoms in total. The summed E-state index contributed by atoms with van der Waals surface area (Å²) in [6.45, 7) is 4.24. The number of rotatable bonds is 8. The van der Waals surface area contributed by atoms with Gasteiger partial charge in [0.05, 0.1) is 11.6 Å². The number of amidine groups is 1. The number of carboxylic acids is 1. The number of benzene rings is 4. The average Bonchev–Trinajstić information content (AvgIpc) is 3.00. The highest BCUT2D eigenvalue weighted by atomic mass is 16.4. The normalized spacial score (nSPS) is 17.2. The van der Waals surface area contributed by atoms with E-state index in [0.717, 1.165) is 22.4 Å². The zero-order valence-corrected chi connectivity index (χ0v) is 24.4. The highest BCUT2D eigenvalue weighted by Crippen LogP contribution is 2.49. The van der Waals surface area contributed by atoms with Gasteiger partial charge < -0.3 is 27.6 Å². The van der Waals surface area contributed by atoms with E-state index in [1.807, 2.05) is 42.5 Å². The maximum Gasteiger partial charge on any atom is 0.336 e. The van der Waals surface area contributed by atoms with Gasteiger partial charge in [0.15, 0.2) is 0 Å². The summed E-state index contributed by atoms with van der Waals surface area (Å²) in [5.74, 6) is -1.98. The maximum atomic E-state index is 12.5. The lowest BCUT2D eigenvalue weighted by atomic mass is 9.68. The lowest BCUT2D eigenvalue weighted by Gasteiger charge is -2.42. The Morgan fingerprint density at radius 2 is 1.66 bits per heavy atom. The van der Waals surface area contributed by atoms with Gasteiger partial charge in [-0.05, 0) is 89.7 Å². The number of aromatic carboxylic acids is 1. The molecule has 10 heteroatoms. The van der Waals surface area contributed by atoms with E-state index in [2.05, 4.69) is 24.4 Å². The summed E-state index contributed by atoms with van der Waals surface area (Å²) in [6, 6.07) is 24.6. The summed E-state index contributed by atoms with van der Waals surface area (Å²) in [6.07, 6.45) is 0.587. The minimum atomic E-state index is -1.22. The number of carbonyl (C=O) groups excluding carboxylic acids is 2. The largest absolute Gasteiger partial charge is 0.478 e. The molecule has 0 aromatic heterocycles. The number of nitrogens with two attached hydrogens (primary N) is 3. The first-order chi connectivity index (χ1) is 20.9. The first kappa shape index (κ1) is 29.8. The van der Waals surface area contributed by atoms with Crippen LogP contribution < -0.4 is 27.4 Å². The summed E-state index contributed by atoms with van der Waals surface area (Å²) in [5.41, 5.74) is 22.3. The number of carbonyl (C=O) groups is 3. The molecule has 0 bridgehead atoms. The number of carboxylic acid groups (broad SMARTS) is 1. The second-order valence-corrected chi connectivity index (χ2v) is 11.1. The fourth-order valence-electron chi connectivity index (χ4n) is 6.07. The molecule has 1 heterocycles. The fraction of sp³-hybridized carbons (Fsp3) is 0.176. The Balaban J connectivity index is 1.72. The van der Waals surface area contributed by atoms with Crippen molar-refractivity contribution in [3.05, 3.63) is 118 Å². The van der Waals surface area contributed by atoms with Gasteiger partial charge in [-0.3, -0.25) is 15.1 Å². The third-order valence-electron chi connectivity index (χ3n) is 8.36. The lowest BCUT2D eigenvalue weighted by Crippen LogP contribution is -2.36. The summed E-state index contributed by atoms with van der Waals surface area (Å²) < 4.78 is 0. The SMILES string of the molecule is CCN(C(N)=O)c1cc(-c2ccc(C(N)=O)cc2C(=O)O)cc(C2CC(C)(c3ccccc3)c3cc(C(=N)N)ccc3N2)c1. The van der Waals surface area contributed by atoms with Crippen LogP contribution in [0.4, 0.5) is 16.2 Å². The molecule has 3 amide bonds. The molecule has 44 heavy (non-hydrogen) atoms. The zero-order valence-electron chi connectivity index (χ0n) is 24.4. The fourth-order valence-corrected chi connectivity index (χ4v) is 6.07. The zero-order chi connectivity index (χ0) is 31.8. The van der Waals surface area contributed by atoms with Crippen molar-refractivity contribution in [3.8, 4) is 11.1 Å². The number of amides is 3. The van der Waals surface area contributed by atoms with Gasteiger partial charge in [-0.1, -0.05) is 43.3 Å². The van der Waals surface area contributed by atoms with E-state index in [0.29, 0.717) is 35.3 Å². The predicted octanol–water partition coefficient (Wildman–Crippen LogP) is 5.20. The highest BCUT2D eigenvalue weighted by Gasteiger charge is 2.39. The number of nitrogens with one attached hydrogen (secondary N) is 2. The quantitative estimate of drug-likeness (QED) is 0.121. The minimum absolute atomic E-state index is 0.0228. The van der Waals surface area contributed by atoms with Crippen molar-refractivity contribution in [1.82, 2.24) is 0 Å². The van der Waals surface area contributed by atoms with Gasteiger partial charge in [-0.25, -0.2) is 9.59 Å². The topological polar surface area (TPSA) is 189 Å². The van der Waals surface area contributed by atoms with Gasteiger partial charge in [0.25, 0.3) is 0 Å². The second-order valence-electron chi connectivity index (χ2n) is 11.1. The van der Waals surface area contributed by atoms with Gasteiger partial charge in [0.2, 0.25) is 5.91 Å². The lowest BCUT2D eigenvalue weighted by molar-refractivity contribution is 0.0697. The Morgan fingerprint density at radius 3 is 2.27 bits per heavy atom. The van der Waals surface area contributed by atoms with Gasteiger partial charge in [-0.15, -0.1) is 0 Å². The summed E-state index contributed by atoms with van der Waals surface area (Å²) in [5, 5.41) is 21.7. The average molecular weight is 591 g/mol. The molecule has 1 aliphatic rings. The van der Waals surface area contributed by atoms with E-state index >= 15 is 0 Å². The maximum absolute atomic E-state index is 12.5. The van der Waals surface area contributed by atoms with Gasteiger partial charge in [0.1, 0.15) is 5.84 Å². The summed E-state index contributed by atoms with van der Waals surface area (Å²) in [7, 11) is 0. The van der Waals surface area contributed by atoms with Crippen LogP contribution in [0.25, 0.3) is 11.1 Å². The Kier molecular flexibility index (Phi) is 7.84. The molecule has 4 aromatic carbocycles. The van der Waals surface area contributed by atoms with Crippen LogP contribution in [0.15, 0.2) is 84.9 Å². The molecule has 0 saturated heterocycles. The van der Waals surface area contributed by atoms with Crippen LogP contribution in [0.1, 0.15) is 69.3 Å². The van der Waals surface area contributed by atoms with Crippen LogP contribution in [0.5, 0.6) is 0 Å². The number of primary amides is 2. The van der Waals surface area contributed by atoms with Crippen molar-refractivity contribution >= 4 is 35.1 Å². The Hall–Kier alpha value is -5.64. The minimum Gasteiger partial charge on any atom is -0.478 e. The molecule has 224 valence electrons. The van der Waals surface area contributed by atoms with Crippen molar-refractivity contribution in [2.24, 2.45) is 17.2 Å². The number of hydrogen-bond donors (Lipinski definition) is 6. The van der Waals surface area contributed by atoms with Gasteiger partial charge in [0, 0.05) is 34.5 Å². The molecule has 2 atom stereocenters. The number of nitrogen functional groups attached to an aromatic ring is 1. The number of hydrogen-bond acceptors (Lipinski definition) is 5. The van der Waals surface area contributed by atoms with E-state index in [-0.39, 0.29) is 23.0 Å². The van der Waals surface area contributed by atoms with Crippen LogP contribution in [-0.2, 0) is 5.41 Å². The molecule has 1 aliphatic heterocycles. The van der Waals surface area contributed by atoms with Crippen LogP contribution in [0.2, 0.25) is 0 Å². The number of fused-ring (bicyclic) bond motifs is 1. The third kappa shape index (κ3) is 5.45. The van der Waals surface area contributed by atoms with Crippen molar-refractivity contribution in [1.29, 1.82) is 5.41 Å². The molecular weight excluding hydrogens is 556 g/mol. The van der Waals surface area contributed by atoms with Gasteiger partial charge in [-0.2, -0.15) is 0 Å². The molecule has 0 spiro atoms. The number of urea groups is 1. The van der Waals surface area contributed by atoms with E-state index in [4.69, 9.17) is 22.6 Å². The molecule has 0 aliphatic carbocycles. The Labute approximate surface area is 255 Å². The van der Waals surface area contributed by atoms with Crippen LogP contribution in [0.3, 0.4) is 0 Å². The van der Waals surface area contributed by atoms with Crippen LogP contribution in [0, 0.1) is 5.41 Å². The van der Waals surface area contributed by atoms with Crippen molar-refractivity contribution < 1.29 is 19.5 Å². The molecule has 0 saturated carbocycles.